The van der Waals surface area contributed by atoms with E-state index in [0.717, 1.165) is 37.7 Å². The lowest BCUT2D eigenvalue weighted by Gasteiger charge is -2.12. The number of aliphatic imine (C=N–C) groups is 1. The number of aryl methyl sites for hydroxylation is 1. The van der Waals surface area contributed by atoms with Crippen LogP contribution in [0.4, 0.5) is 0 Å². The van der Waals surface area contributed by atoms with Crippen molar-refractivity contribution in [2.75, 3.05) is 0 Å². The molecule has 0 aliphatic carbocycles. The summed E-state index contributed by atoms with van der Waals surface area (Å²) in [5.41, 5.74) is 5.73. The number of nitrogens with zero attached hydrogens (tertiary/aromatic N) is 4. The van der Waals surface area contributed by atoms with Gasteiger partial charge in [0, 0.05) is 21.6 Å². The minimum absolute atomic E-state index is 0.00759. The lowest BCUT2D eigenvalue weighted by molar-refractivity contribution is -0.137. The third-order valence-electron chi connectivity index (χ3n) is 6.37. The second kappa shape index (κ2) is 9.25. The van der Waals surface area contributed by atoms with Gasteiger partial charge in [-0.3, -0.25) is 19.1 Å². The largest absolute Gasteiger partial charge is 0.481 e. The van der Waals surface area contributed by atoms with Crippen LogP contribution in [0.2, 0.25) is 0 Å². The molecule has 0 amide bonds. The Morgan fingerprint density at radius 3 is 2.42 bits per heavy atom. The van der Waals surface area contributed by atoms with Crippen LogP contribution in [0, 0.1) is 13.8 Å². The summed E-state index contributed by atoms with van der Waals surface area (Å²) < 4.78 is 1.86. The first kappa shape index (κ1) is 23.8. The molecule has 0 saturated heterocycles. The first-order valence-electron chi connectivity index (χ1n) is 11.5. The van der Waals surface area contributed by atoms with Crippen LogP contribution in [-0.2, 0) is 11.4 Å². The number of aromatic nitrogens is 3. The number of carboxylic acid groups (broad SMARTS) is 1. The van der Waals surface area contributed by atoms with E-state index in [4.69, 9.17) is 4.99 Å². The molecule has 0 saturated carbocycles. The maximum Gasteiger partial charge on any atom is 0.306 e. The Kier molecular flexibility index (Phi) is 6.11. The average Bonchev–Trinajstić information content (AvgIpc) is 3.36. The van der Waals surface area contributed by atoms with Gasteiger partial charge in [0.1, 0.15) is 16.9 Å². The number of aliphatic hydroxyl groups is 1. The highest BCUT2D eigenvalue weighted by atomic mass is 32.1. The summed E-state index contributed by atoms with van der Waals surface area (Å²) in [6.07, 6.45) is -0.224. The second-order valence-electron chi connectivity index (χ2n) is 8.74. The molecule has 36 heavy (non-hydrogen) atoms. The average molecular weight is 501 g/mol. The number of thiophene rings is 1. The van der Waals surface area contributed by atoms with Gasteiger partial charge in [-0.25, -0.2) is 0 Å². The minimum atomic E-state index is -0.978. The van der Waals surface area contributed by atoms with Gasteiger partial charge < -0.3 is 10.2 Å². The summed E-state index contributed by atoms with van der Waals surface area (Å²) in [6, 6.07) is 14.6. The zero-order chi connectivity index (χ0) is 25.6. The van der Waals surface area contributed by atoms with Gasteiger partial charge in [-0.2, -0.15) is 0 Å². The number of aliphatic carboxylic acids is 1. The first-order chi connectivity index (χ1) is 17.3. The van der Waals surface area contributed by atoms with Crippen molar-refractivity contribution in [1.29, 1.82) is 0 Å². The summed E-state index contributed by atoms with van der Waals surface area (Å²) in [5.74, 6) is 0.126. The summed E-state index contributed by atoms with van der Waals surface area (Å²) in [6.45, 7) is 5.19. The number of ketones is 1. The lowest BCUT2D eigenvalue weighted by atomic mass is 9.96. The van der Waals surface area contributed by atoms with E-state index in [2.05, 4.69) is 10.2 Å². The van der Waals surface area contributed by atoms with Gasteiger partial charge in [0.25, 0.3) is 0 Å². The Labute approximate surface area is 211 Å². The van der Waals surface area contributed by atoms with Gasteiger partial charge in [0.05, 0.1) is 18.7 Å². The quantitative estimate of drug-likeness (QED) is 0.372. The van der Waals surface area contributed by atoms with Crippen LogP contribution in [0.3, 0.4) is 0 Å². The number of rotatable bonds is 6. The van der Waals surface area contributed by atoms with Crippen molar-refractivity contribution >= 4 is 28.8 Å². The monoisotopic (exact) mass is 500 g/mol. The van der Waals surface area contributed by atoms with E-state index < -0.39 is 12.0 Å². The summed E-state index contributed by atoms with van der Waals surface area (Å²) in [7, 11) is 0. The van der Waals surface area contributed by atoms with E-state index in [1.165, 1.54) is 11.3 Å². The first-order valence-corrected chi connectivity index (χ1v) is 12.3. The molecule has 2 aromatic carbocycles. The van der Waals surface area contributed by atoms with Gasteiger partial charge in [-0.1, -0.05) is 42.5 Å². The number of carbonyl (C=O) groups is 2. The standard InChI is InChI=1S/C27H24N4O4S/c1-14-22(13-32)36-27-24(14)25(28-21(12-23(34)35)26-30-29-16(3)31(26)27)18-9-7-17(8-10-18)20-6-4-5-19(11-20)15(2)33/h4-11,21,32H,12-13H2,1-3H3,(H,34,35)/t21-/m0/s1. The number of carbonyl (C=O) groups excluding carboxylic acids is 1. The van der Waals surface area contributed by atoms with Crippen molar-refractivity contribution in [1.82, 2.24) is 14.8 Å². The van der Waals surface area contributed by atoms with E-state index in [-0.39, 0.29) is 18.8 Å². The van der Waals surface area contributed by atoms with Crippen molar-refractivity contribution in [3.63, 3.8) is 0 Å². The summed E-state index contributed by atoms with van der Waals surface area (Å²) in [4.78, 5) is 29.3. The SMILES string of the molecule is CC(=O)c1cccc(-c2ccc(C3=N[C@@H](CC(=O)O)c4nnc(C)n4-c4sc(CO)c(C)c43)cc2)c1. The molecule has 0 unspecified atom stereocenters. The number of hydrogen-bond acceptors (Lipinski definition) is 7. The number of Topliss-reactive ketones (excluding diaryl/α,β-unsaturated/α-hetero) is 1. The maximum absolute atomic E-state index is 11.8. The van der Waals surface area contributed by atoms with Crippen LogP contribution in [0.25, 0.3) is 16.1 Å². The Bertz CT molecular complexity index is 1530. The third kappa shape index (κ3) is 4.06. The van der Waals surface area contributed by atoms with Crippen molar-refractivity contribution < 1.29 is 19.8 Å². The fourth-order valence-electron chi connectivity index (χ4n) is 4.51. The van der Waals surface area contributed by atoms with Gasteiger partial charge in [-0.05, 0) is 43.5 Å². The highest BCUT2D eigenvalue weighted by Gasteiger charge is 2.32. The van der Waals surface area contributed by atoms with E-state index in [0.29, 0.717) is 22.9 Å². The molecule has 8 nitrogen and oxygen atoms in total. The van der Waals surface area contributed by atoms with E-state index in [9.17, 15) is 19.8 Å². The van der Waals surface area contributed by atoms with Gasteiger partial charge in [0.2, 0.25) is 0 Å². The Morgan fingerprint density at radius 2 is 1.75 bits per heavy atom. The maximum atomic E-state index is 11.8. The Balaban J connectivity index is 1.67. The van der Waals surface area contributed by atoms with E-state index >= 15 is 0 Å². The highest BCUT2D eigenvalue weighted by molar-refractivity contribution is 7.15. The summed E-state index contributed by atoms with van der Waals surface area (Å²) >= 11 is 1.43. The zero-order valence-electron chi connectivity index (χ0n) is 20.0. The van der Waals surface area contributed by atoms with E-state index in [1.807, 2.05) is 60.9 Å². The Hall–Kier alpha value is -3.95. The van der Waals surface area contributed by atoms with Crippen molar-refractivity contribution in [2.45, 2.75) is 39.8 Å². The topological polar surface area (TPSA) is 118 Å². The Morgan fingerprint density at radius 1 is 1.03 bits per heavy atom. The molecular weight excluding hydrogens is 476 g/mol. The molecule has 1 atom stereocenters. The molecule has 0 bridgehead atoms. The van der Waals surface area contributed by atoms with Crippen molar-refractivity contribution in [3.8, 4) is 16.1 Å². The minimum Gasteiger partial charge on any atom is -0.481 e. The molecule has 4 aromatic rings. The van der Waals surface area contributed by atoms with Crippen molar-refractivity contribution in [3.05, 3.63) is 87.3 Å². The molecule has 0 radical (unpaired) electrons. The van der Waals surface area contributed by atoms with Gasteiger partial charge >= 0.3 is 5.97 Å². The van der Waals surface area contributed by atoms with E-state index in [1.54, 1.807) is 13.0 Å². The van der Waals surface area contributed by atoms with Crippen LogP contribution in [0.15, 0.2) is 53.5 Å². The molecule has 1 aliphatic rings. The molecule has 0 fully saturated rings. The lowest BCUT2D eigenvalue weighted by Crippen LogP contribution is -2.10. The molecule has 5 rings (SSSR count). The smallest absolute Gasteiger partial charge is 0.306 e. The predicted octanol–water partition coefficient (Wildman–Crippen LogP) is 4.67. The molecule has 9 heteroatoms. The van der Waals surface area contributed by atoms with Crippen LogP contribution >= 0.6 is 11.3 Å². The number of fused-ring (bicyclic) bond motifs is 3. The number of carboxylic acids is 1. The zero-order valence-corrected chi connectivity index (χ0v) is 20.8. The van der Waals surface area contributed by atoms with Crippen LogP contribution in [0.1, 0.15) is 63.0 Å². The van der Waals surface area contributed by atoms with Crippen LogP contribution < -0.4 is 0 Å². The number of hydrogen-bond donors (Lipinski definition) is 2. The fraction of sp³-hybridized carbons (Fsp3) is 0.222. The number of aliphatic hydroxyl groups excluding tert-OH is 1. The number of benzene rings is 2. The second-order valence-corrected chi connectivity index (χ2v) is 9.82. The predicted molar refractivity (Wildman–Crippen MR) is 137 cm³/mol. The van der Waals surface area contributed by atoms with Gasteiger partial charge in [-0.15, -0.1) is 21.5 Å². The fourth-order valence-corrected chi connectivity index (χ4v) is 5.74. The van der Waals surface area contributed by atoms with Crippen LogP contribution in [0.5, 0.6) is 0 Å². The normalized spacial score (nSPS) is 14.6. The molecule has 3 heterocycles. The van der Waals surface area contributed by atoms with Gasteiger partial charge in [0.15, 0.2) is 11.6 Å². The highest BCUT2D eigenvalue weighted by Crippen LogP contribution is 2.40. The van der Waals surface area contributed by atoms with Crippen LogP contribution in [-0.4, -0.2) is 42.4 Å². The molecular formula is C27H24N4O4S. The molecule has 2 aromatic heterocycles. The molecule has 2 N–H and O–H groups in total. The third-order valence-corrected chi connectivity index (χ3v) is 7.63. The molecule has 1 aliphatic heterocycles. The molecule has 0 spiro atoms. The molecule has 182 valence electrons. The summed E-state index contributed by atoms with van der Waals surface area (Å²) in [5, 5.41) is 28.9. The van der Waals surface area contributed by atoms with Crippen molar-refractivity contribution in [2.24, 2.45) is 4.99 Å².